The third-order valence-electron chi connectivity index (χ3n) is 6.30. The van der Waals surface area contributed by atoms with E-state index in [0.29, 0.717) is 30.4 Å². The zero-order valence-corrected chi connectivity index (χ0v) is 19.1. The van der Waals surface area contributed by atoms with Crippen molar-refractivity contribution in [1.29, 1.82) is 0 Å². The normalized spacial score (nSPS) is 17.3. The first kappa shape index (κ1) is 22.2. The van der Waals surface area contributed by atoms with Crippen molar-refractivity contribution in [3.05, 3.63) is 71.2 Å². The summed E-state index contributed by atoms with van der Waals surface area (Å²) in [6.07, 6.45) is 0. The van der Waals surface area contributed by atoms with Gasteiger partial charge in [0.25, 0.3) is 5.91 Å². The number of rotatable bonds is 5. The molecule has 2 aliphatic heterocycles. The molecule has 1 aromatic heterocycles. The monoisotopic (exact) mass is 467 g/mol. The minimum absolute atomic E-state index is 0.0358. The highest BCUT2D eigenvalue weighted by Gasteiger charge is 2.44. The van der Waals surface area contributed by atoms with Crippen LogP contribution in [0.4, 0.5) is 19.0 Å². The van der Waals surface area contributed by atoms with Crippen LogP contribution in [0.3, 0.4) is 0 Å². The SMILES string of the molecule is CCN1C(=O)c2nc(-c3ccccc3F)n(Cc3ccc(F)c(F)c3)c2N2C[C@@H](C(C)C)N=C12. The standard InChI is InChI=1S/C25H24F3N5O/c1-4-31-24(34)21-23(33-13-20(14(2)3)29-25(31)33)32(12-15-9-10-18(27)19(28)11-15)22(30-21)16-7-5-6-8-17(16)26/h5-11,14,20H,4,12-13H2,1-3H3/t20-/m0/s1. The van der Waals surface area contributed by atoms with Crippen molar-refractivity contribution in [2.75, 3.05) is 18.0 Å². The van der Waals surface area contributed by atoms with E-state index in [9.17, 15) is 18.0 Å². The van der Waals surface area contributed by atoms with Gasteiger partial charge in [0.15, 0.2) is 17.3 Å². The Labute approximate surface area is 195 Å². The molecule has 9 heteroatoms. The lowest BCUT2D eigenvalue weighted by Crippen LogP contribution is -2.50. The Morgan fingerprint density at radius 3 is 2.50 bits per heavy atom. The summed E-state index contributed by atoms with van der Waals surface area (Å²) in [5, 5.41) is 0. The molecular weight excluding hydrogens is 443 g/mol. The van der Waals surface area contributed by atoms with Crippen LogP contribution >= 0.6 is 0 Å². The van der Waals surface area contributed by atoms with E-state index in [1.54, 1.807) is 27.7 Å². The summed E-state index contributed by atoms with van der Waals surface area (Å²) < 4.78 is 44.1. The van der Waals surface area contributed by atoms with Crippen LogP contribution in [0.15, 0.2) is 47.5 Å². The molecule has 0 radical (unpaired) electrons. The van der Waals surface area contributed by atoms with Crippen LogP contribution in [0.5, 0.6) is 0 Å². The van der Waals surface area contributed by atoms with E-state index < -0.39 is 17.5 Å². The van der Waals surface area contributed by atoms with Crippen molar-refractivity contribution in [3.8, 4) is 11.4 Å². The molecule has 0 aliphatic carbocycles. The molecule has 1 atom stereocenters. The zero-order valence-electron chi connectivity index (χ0n) is 19.1. The number of fused-ring (bicyclic) bond motifs is 3. The van der Waals surface area contributed by atoms with Crippen LogP contribution in [0.25, 0.3) is 11.4 Å². The van der Waals surface area contributed by atoms with Gasteiger partial charge in [-0.05, 0) is 42.7 Å². The van der Waals surface area contributed by atoms with Gasteiger partial charge in [0.2, 0.25) is 5.96 Å². The number of hydrogen-bond donors (Lipinski definition) is 0. The topological polar surface area (TPSA) is 53.7 Å². The lowest BCUT2D eigenvalue weighted by Gasteiger charge is -2.33. The van der Waals surface area contributed by atoms with Gasteiger partial charge in [0.1, 0.15) is 17.5 Å². The zero-order chi connectivity index (χ0) is 24.1. The Morgan fingerprint density at radius 2 is 1.82 bits per heavy atom. The van der Waals surface area contributed by atoms with Crippen molar-refractivity contribution >= 4 is 17.7 Å². The van der Waals surface area contributed by atoms with E-state index in [0.717, 1.165) is 12.1 Å². The van der Waals surface area contributed by atoms with E-state index in [1.165, 1.54) is 12.1 Å². The largest absolute Gasteiger partial charge is 0.305 e. The highest BCUT2D eigenvalue weighted by Crippen LogP contribution is 2.38. The summed E-state index contributed by atoms with van der Waals surface area (Å²) in [6, 6.07) is 9.76. The second-order valence-corrected chi connectivity index (χ2v) is 8.82. The number of amides is 1. The van der Waals surface area contributed by atoms with Crippen molar-refractivity contribution in [1.82, 2.24) is 14.5 Å². The molecule has 3 heterocycles. The van der Waals surface area contributed by atoms with Gasteiger partial charge in [-0.25, -0.2) is 23.1 Å². The number of aliphatic imine (C=N–C) groups is 1. The fourth-order valence-electron chi connectivity index (χ4n) is 4.47. The molecule has 0 spiro atoms. The number of benzene rings is 2. The predicted molar refractivity (Wildman–Crippen MR) is 123 cm³/mol. The van der Waals surface area contributed by atoms with Gasteiger partial charge in [0.05, 0.1) is 24.7 Å². The molecule has 0 fully saturated rings. The van der Waals surface area contributed by atoms with Crippen molar-refractivity contribution in [2.45, 2.75) is 33.4 Å². The number of guanidine groups is 1. The molecule has 1 amide bonds. The highest BCUT2D eigenvalue weighted by molar-refractivity contribution is 6.18. The maximum Gasteiger partial charge on any atom is 0.283 e. The maximum absolute atomic E-state index is 14.9. The Morgan fingerprint density at radius 1 is 1.06 bits per heavy atom. The third-order valence-corrected chi connectivity index (χ3v) is 6.30. The number of anilines is 1. The summed E-state index contributed by atoms with van der Waals surface area (Å²) >= 11 is 0. The second-order valence-electron chi connectivity index (χ2n) is 8.82. The summed E-state index contributed by atoms with van der Waals surface area (Å²) in [5.41, 5.74) is 0.861. The van der Waals surface area contributed by atoms with Gasteiger partial charge < -0.3 is 4.57 Å². The number of hydrogen-bond acceptors (Lipinski definition) is 4. The summed E-state index contributed by atoms with van der Waals surface area (Å²) in [5.74, 6) is -1.24. The number of imidazole rings is 1. The smallest absolute Gasteiger partial charge is 0.283 e. The number of carbonyl (C=O) groups is 1. The minimum Gasteiger partial charge on any atom is -0.305 e. The van der Waals surface area contributed by atoms with Gasteiger partial charge >= 0.3 is 0 Å². The van der Waals surface area contributed by atoms with Crippen LogP contribution in [0, 0.1) is 23.4 Å². The van der Waals surface area contributed by atoms with Crippen LogP contribution in [-0.4, -0.2) is 45.4 Å². The molecule has 0 bridgehead atoms. The average molecular weight is 467 g/mol. The molecule has 176 valence electrons. The van der Waals surface area contributed by atoms with Crippen molar-refractivity contribution in [2.24, 2.45) is 10.9 Å². The molecule has 3 aromatic rings. The summed E-state index contributed by atoms with van der Waals surface area (Å²) in [7, 11) is 0. The lowest BCUT2D eigenvalue weighted by molar-refractivity contribution is 0.0841. The van der Waals surface area contributed by atoms with Gasteiger partial charge in [0, 0.05) is 6.54 Å². The predicted octanol–water partition coefficient (Wildman–Crippen LogP) is 4.69. The fourth-order valence-corrected chi connectivity index (χ4v) is 4.47. The average Bonchev–Trinajstić information content (AvgIpc) is 3.40. The van der Waals surface area contributed by atoms with Crippen LogP contribution in [0.1, 0.15) is 36.8 Å². The number of carbonyl (C=O) groups excluding carboxylic acids is 1. The molecule has 0 N–H and O–H groups in total. The Hall–Kier alpha value is -3.62. The Balaban J connectivity index is 1.73. The summed E-state index contributed by atoms with van der Waals surface area (Å²) in [6.45, 7) is 7.00. The van der Waals surface area contributed by atoms with Crippen LogP contribution < -0.4 is 4.90 Å². The fraction of sp³-hybridized carbons (Fsp3) is 0.320. The van der Waals surface area contributed by atoms with Crippen molar-refractivity contribution in [3.63, 3.8) is 0 Å². The quantitative estimate of drug-likeness (QED) is 0.547. The van der Waals surface area contributed by atoms with Gasteiger partial charge in [-0.15, -0.1) is 0 Å². The Kier molecular flexibility index (Phi) is 5.42. The molecule has 34 heavy (non-hydrogen) atoms. The lowest BCUT2D eigenvalue weighted by atomic mass is 10.1. The molecule has 2 aliphatic rings. The van der Waals surface area contributed by atoms with E-state index in [2.05, 4.69) is 18.8 Å². The van der Waals surface area contributed by atoms with E-state index in [4.69, 9.17) is 4.99 Å². The molecule has 0 saturated carbocycles. The van der Waals surface area contributed by atoms with Crippen LogP contribution in [0.2, 0.25) is 0 Å². The van der Waals surface area contributed by atoms with Gasteiger partial charge in [-0.1, -0.05) is 32.0 Å². The van der Waals surface area contributed by atoms with Gasteiger partial charge in [-0.2, -0.15) is 0 Å². The molecule has 5 rings (SSSR count). The number of nitrogens with zero attached hydrogens (tertiary/aromatic N) is 5. The van der Waals surface area contributed by atoms with E-state index >= 15 is 0 Å². The van der Waals surface area contributed by atoms with Crippen LogP contribution in [-0.2, 0) is 6.54 Å². The van der Waals surface area contributed by atoms with E-state index in [1.807, 2.05) is 11.8 Å². The first-order chi connectivity index (χ1) is 16.3. The molecule has 0 unspecified atom stereocenters. The molecular formula is C25H24F3N5O. The van der Waals surface area contributed by atoms with Crippen molar-refractivity contribution < 1.29 is 18.0 Å². The van der Waals surface area contributed by atoms with Gasteiger partial charge in [-0.3, -0.25) is 14.6 Å². The number of halogens is 3. The first-order valence-corrected chi connectivity index (χ1v) is 11.3. The Bertz CT molecular complexity index is 1320. The maximum atomic E-state index is 14.9. The molecule has 2 aromatic carbocycles. The summed E-state index contributed by atoms with van der Waals surface area (Å²) in [4.78, 5) is 26.3. The first-order valence-electron chi connectivity index (χ1n) is 11.3. The third kappa shape index (κ3) is 3.46. The molecule has 6 nitrogen and oxygen atoms in total. The van der Waals surface area contributed by atoms with E-state index in [-0.39, 0.29) is 41.5 Å². The second kappa shape index (κ2) is 8.30. The minimum atomic E-state index is -0.976. The molecule has 0 saturated heterocycles. The highest BCUT2D eigenvalue weighted by atomic mass is 19.2. The number of aromatic nitrogens is 2.